The van der Waals surface area contributed by atoms with E-state index in [9.17, 15) is 4.79 Å². The molecule has 4 aromatic rings. The van der Waals surface area contributed by atoms with Gasteiger partial charge >= 0.3 is 0 Å². The van der Waals surface area contributed by atoms with Crippen molar-refractivity contribution in [2.24, 2.45) is 0 Å². The summed E-state index contributed by atoms with van der Waals surface area (Å²) in [6.07, 6.45) is 1.45. The third-order valence-electron chi connectivity index (χ3n) is 3.89. The molecular weight excluding hydrogens is 316 g/mol. The fraction of sp³-hybridized carbons (Fsp3) is 0. The van der Waals surface area contributed by atoms with Crippen LogP contribution in [0.5, 0.6) is 0 Å². The van der Waals surface area contributed by atoms with Gasteiger partial charge in [-0.2, -0.15) is 10.4 Å². The van der Waals surface area contributed by atoms with Crippen LogP contribution in [0.2, 0.25) is 0 Å². The lowest BCUT2D eigenvalue weighted by Crippen LogP contribution is -2.11. The number of anilines is 1. The van der Waals surface area contributed by atoms with Gasteiger partial charge in [-0.15, -0.1) is 0 Å². The topological polar surface area (TPSA) is 94.7 Å². The fourth-order valence-corrected chi connectivity index (χ4v) is 2.61. The molecule has 6 heteroatoms. The number of amides is 1. The average Bonchev–Trinajstić information content (AvgIpc) is 3.32. The smallest absolute Gasteiger partial charge is 0.292 e. The van der Waals surface area contributed by atoms with Crippen LogP contribution >= 0.6 is 0 Å². The minimum absolute atomic E-state index is 0.227. The van der Waals surface area contributed by atoms with Crippen LogP contribution in [0.15, 0.2) is 65.3 Å². The van der Waals surface area contributed by atoms with E-state index in [0.29, 0.717) is 11.4 Å². The van der Waals surface area contributed by atoms with E-state index in [1.165, 1.54) is 6.26 Å². The summed E-state index contributed by atoms with van der Waals surface area (Å²) in [6, 6.07) is 18.5. The maximum Gasteiger partial charge on any atom is 0.292 e. The molecule has 0 bridgehead atoms. The molecule has 4 rings (SSSR count). The minimum Gasteiger partial charge on any atom is -0.459 e. The number of nitriles is 1. The molecule has 2 heterocycles. The van der Waals surface area contributed by atoms with Crippen molar-refractivity contribution in [1.29, 1.82) is 5.26 Å². The van der Waals surface area contributed by atoms with Crippen LogP contribution in [0, 0.1) is 11.3 Å². The van der Waals surface area contributed by atoms with Gasteiger partial charge in [-0.25, -0.2) is 0 Å². The Hall–Kier alpha value is -3.85. The van der Waals surface area contributed by atoms with Gasteiger partial charge in [0.05, 0.1) is 23.4 Å². The molecule has 0 radical (unpaired) electrons. The number of carbonyl (C=O) groups is 1. The fourth-order valence-electron chi connectivity index (χ4n) is 2.61. The van der Waals surface area contributed by atoms with Crippen molar-refractivity contribution in [2.75, 3.05) is 5.32 Å². The number of nitrogens with one attached hydrogen (secondary N) is 2. The predicted molar refractivity (Wildman–Crippen MR) is 92.9 cm³/mol. The van der Waals surface area contributed by atoms with Crippen LogP contribution in [-0.2, 0) is 0 Å². The zero-order valence-electron chi connectivity index (χ0n) is 13.0. The lowest BCUT2D eigenvalue weighted by Gasteiger charge is -2.03. The van der Waals surface area contributed by atoms with Gasteiger partial charge in [-0.1, -0.05) is 18.2 Å². The van der Waals surface area contributed by atoms with Crippen molar-refractivity contribution in [3.8, 4) is 17.2 Å². The molecule has 2 N–H and O–H groups in total. The summed E-state index contributed by atoms with van der Waals surface area (Å²) in [5.41, 5.74) is 3.41. The van der Waals surface area contributed by atoms with E-state index in [4.69, 9.17) is 9.68 Å². The zero-order chi connectivity index (χ0) is 17.2. The summed E-state index contributed by atoms with van der Waals surface area (Å²) in [4.78, 5) is 12.1. The predicted octanol–water partition coefficient (Wildman–Crippen LogP) is 3.95. The highest BCUT2D eigenvalue weighted by atomic mass is 16.3. The van der Waals surface area contributed by atoms with E-state index >= 15 is 0 Å². The van der Waals surface area contributed by atoms with E-state index < -0.39 is 0 Å². The zero-order valence-corrected chi connectivity index (χ0v) is 13.0. The third kappa shape index (κ3) is 2.75. The Morgan fingerprint density at radius 2 is 1.92 bits per heavy atom. The maximum absolute atomic E-state index is 12.1. The number of furan rings is 1. The molecule has 0 saturated carbocycles. The summed E-state index contributed by atoms with van der Waals surface area (Å²) >= 11 is 0. The molecule has 0 aliphatic carbocycles. The van der Waals surface area contributed by atoms with E-state index in [0.717, 1.165) is 22.0 Å². The highest BCUT2D eigenvalue weighted by molar-refractivity contribution is 6.06. The van der Waals surface area contributed by atoms with Crippen molar-refractivity contribution in [3.05, 3.63) is 72.2 Å². The largest absolute Gasteiger partial charge is 0.459 e. The van der Waals surface area contributed by atoms with Crippen molar-refractivity contribution in [1.82, 2.24) is 10.2 Å². The number of hydrogen-bond acceptors (Lipinski definition) is 4. The van der Waals surface area contributed by atoms with Gasteiger partial charge in [-0.3, -0.25) is 9.89 Å². The highest BCUT2D eigenvalue weighted by Gasteiger charge is 2.13. The average molecular weight is 328 g/mol. The Morgan fingerprint density at radius 1 is 1.12 bits per heavy atom. The maximum atomic E-state index is 12.1. The summed E-state index contributed by atoms with van der Waals surface area (Å²) < 4.78 is 5.08. The van der Waals surface area contributed by atoms with Gasteiger partial charge in [0.1, 0.15) is 0 Å². The van der Waals surface area contributed by atoms with Crippen LogP contribution in [-0.4, -0.2) is 16.1 Å². The molecule has 0 aliphatic heterocycles. The molecule has 0 fully saturated rings. The Morgan fingerprint density at radius 3 is 2.64 bits per heavy atom. The van der Waals surface area contributed by atoms with Crippen molar-refractivity contribution >= 4 is 22.6 Å². The van der Waals surface area contributed by atoms with Crippen molar-refractivity contribution in [2.45, 2.75) is 0 Å². The molecule has 0 atom stereocenters. The van der Waals surface area contributed by atoms with Gasteiger partial charge < -0.3 is 9.73 Å². The van der Waals surface area contributed by atoms with Gasteiger partial charge in [0.25, 0.3) is 5.91 Å². The van der Waals surface area contributed by atoms with E-state index in [-0.39, 0.29) is 11.7 Å². The molecule has 2 aromatic heterocycles. The van der Waals surface area contributed by atoms with Crippen LogP contribution < -0.4 is 5.32 Å². The first-order chi connectivity index (χ1) is 12.2. The van der Waals surface area contributed by atoms with Crippen LogP contribution in [0.1, 0.15) is 16.1 Å². The molecule has 0 spiro atoms. The number of H-pyrrole nitrogens is 1. The second-order valence-electron chi connectivity index (χ2n) is 5.45. The lowest BCUT2D eigenvalue weighted by molar-refractivity contribution is 0.0996. The second kappa shape index (κ2) is 5.98. The quantitative estimate of drug-likeness (QED) is 0.595. The minimum atomic E-state index is -0.352. The van der Waals surface area contributed by atoms with E-state index in [2.05, 4.69) is 21.6 Å². The standard InChI is InChI=1S/C19H12N4O2/c20-11-12-3-5-13(6-4-12)14-7-8-15-16(10-14)22-23-18(15)21-19(24)17-2-1-9-25-17/h1-10H,(H2,21,22,23,24). The number of benzene rings is 2. The first-order valence-corrected chi connectivity index (χ1v) is 7.58. The molecule has 2 aromatic carbocycles. The second-order valence-corrected chi connectivity index (χ2v) is 5.45. The number of rotatable bonds is 3. The first-order valence-electron chi connectivity index (χ1n) is 7.58. The van der Waals surface area contributed by atoms with Gasteiger partial charge in [-0.05, 0) is 47.5 Å². The molecule has 25 heavy (non-hydrogen) atoms. The molecule has 0 aliphatic rings. The van der Waals surface area contributed by atoms with E-state index in [1.807, 2.05) is 30.3 Å². The van der Waals surface area contributed by atoms with Gasteiger partial charge in [0.2, 0.25) is 0 Å². The van der Waals surface area contributed by atoms with Crippen LogP contribution in [0.4, 0.5) is 5.82 Å². The number of carbonyl (C=O) groups excluding carboxylic acids is 1. The lowest BCUT2D eigenvalue weighted by atomic mass is 10.0. The Labute approximate surface area is 142 Å². The molecule has 0 unspecified atom stereocenters. The summed E-state index contributed by atoms with van der Waals surface area (Å²) in [5, 5.41) is 19.5. The molecule has 0 saturated heterocycles. The van der Waals surface area contributed by atoms with E-state index in [1.54, 1.807) is 24.3 Å². The SMILES string of the molecule is N#Cc1ccc(-c2ccc3c(NC(=O)c4ccco4)n[nH]c3c2)cc1. The first kappa shape index (κ1) is 14.7. The Bertz CT molecular complexity index is 1090. The number of hydrogen-bond donors (Lipinski definition) is 2. The van der Waals surface area contributed by atoms with Gasteiger partial charge in [0, 0.05) is 5.39 Å². The molecule has 120 valence electrons. The highest BCUT2D eigenvalue weighted by Crippen LogP contribution is 2.27. The van der Waals surface area contributed by atoms with Gasteiger partial charge in [0.15, 0.2) is 11.6 Å². The Kier molecular flexibility index (Phi) is 3.52. The molecule has 1 amide bonds. The Balaban J connectivity index is 1.64. The molecular formula is C19H12N4O2. The van der Waals surface area contributed by atoms with Crippen LogP contribution in [0.3, 0.4) is 0 Å². The molecule has 6 nitrogen and oxygen atoms in total. The number of nitrogens with zero attached hydrogens (tertiary/aromatic N) is 2. The number of fused-ring (bicyclic) bond motifs is 1. The number of aromatic nitrogens is 2. The van der Waals surface area contributed by atoms with Crippen molar-refractivity contribution < 1.29 is 9.21 Å². The summed E-state index contributed by atoms with van der Waals surface area (Å²) in [7, 11) is 0. The summed E-state index contributed by atoms with van der Waals surface area (Å²) in [6.45, 7) is 0. The normalized spacial score (nSPS) is 10.5. The number of aromatic amines is 1. The third-order valence-corrected chi connectivity index (χ3v) is 3.89. The van der Waals surface area contributed by atoms with Crippen molar-refractivity contribution in [3.63, 3.8) is 0 Å². The van der Waals surface area contributed by atoms with Crippen LogP contribution in [0.25, 0.3) is 22.0 Å². The summed E-state index contributed by atoms with van der Waals surface area (Å²) in [5.74, 6) is 0.322. The monoisotopic (exact) mass is 328 g/mol.